The van der Waals surface area contributed by atoms with Gasteiger partial charge in [0.25, 0.3) is 5.69 Å². The predicted octanol–water partition coefficient (Wildman–Crippen LogP) is 5.63. The standard InChI is InChI=1S/C22H29N2O6P/c1-3-8-18(9-4-2)17-28-22(25)16-23-31(29-20-10-6-5-7-11-20)30-21-14-12-19(13-15-21)24(26)27/h5-7,10-15,18,23H,3-4,8-9,16-17H2,1-2H3. The molecule has 0 amide bonds. The molecule has 9 heteroatoms. The van der Waals surface area contributed by atoms with Crippen molar-refractivity contribution in [1.82, 2.24) is 5.09 Å². The maximum atomic E-state index is 12.2. The number of nitro benzene ring substituents is 1. The number of esters is 1. The minimum absolute atomic E-state index is 0.0362. The van der Waals surface area contributed by atoms with Crippen LogP contribution in [-0.4, -0.2) is 24.0 Å². The van der Waals surface area contributed by atoms with E-state index >= 15 is 0 Å². The molecule has 0 fully saturated rings. The van der Waals surface area contributed by atoms with Crippen LogP contribution in [0.4, 0.5) is 5.69 Å². The summed E-state index contributed by atoms with van der Waals surface area (Å²) in [6, 6.07) is 14.7. The number of hydrogen-bond donors (Lipinski definition) is 1. The minimum atomic E-state index is -1.73. The molecule has 2 aromatic rings. The highest BCUT2D eigenvalue weighted by Gasteiger charge is 2.19. The SMILES string of the molecule is CCCC(CCC)COC(=O)CNP(Oc1ccccc1)Oc1ccc([N+](=O)[O-])cc1. The number of para-hydroxylation sites is 1. The van der Waals surface area contributed by atoms with Gasteiger partial charge in [-0.05, 0) is 43.0 Å². The first kappa shape index (κ1) is 24.6. The third-order valence-corrected chi connectivity index (χ3v) is 5.56. The monoisotopic (exact) mass is 448 g/mol. The van der Waals surface area contributed by atoms with Gasteiger partial charge in [0.15, 0.2) is 0 Å². The van der Waals surface area contributed by atoms with E-state index in [2.05, 4.69) is 18.9 Å². The highest BCUT2D eigenvalue weighted by Crippen LogP contribution is 2.37. The Labute approximate surface area is 184 Å². The van der Waals surface area contributed by atoms with Gasteiger partial charge in [-0.1, -0.05) is 44.9 Å². The minimum Gasteiger partial charge on any atom is -0.464 e. The van der Waals surface area contributed by atoms with Crippen molar-refractivity contribution in [3.8, 4) is 11.5 Å². The fourth-order valence-electron chi connectivity index (χ4n) is 2.90. The lowest BCUT2D eigenvalue weighted by Gasteiger charge is -2.19. The Morgan fingerprint density at radius 3 is 2.13 bits per heavy atom. The second-order valence-corrected chi connectivity index (χ2v) is 8.16. The van der Waals surface area contributed by atoms with Crippen LogP contribution in [-0.2, 0) is 9.53 Å². The molecule has 0 radical (unpaired) electrons. The number of nitro groups is 1. The number of carbonyl (C=O) groups is 1. The van der Waals surface area contributed by atoms with Gasteiger partial charge < -0.3 is 13.8 Å². The Bertz CT molecular complexity index is 797. The van der Waals surface area contributed by atoms with Gasteiger partial charge in [-0.15, -0.1) is 0 Å². The lowest BCUT2D eigenvalue weighted by molar-refractivity contribution is -0.384. The van der Waals surface area contributed by atoms with Crippen molar-refractivity contribution in [2.75, 3.05) is 13.2 Å². The Balaban J connectivity index is 1.94. The summed E-state index contributed by atoms with van der Waals surface area (Å²) >= 11 is 0. The molecule has 0 saturated heterocycles. The summed E-state index contributed by atoms with van der Waals surface area (Å²) in [7, 11) is -1.73. The molecule has 0 aliphatic carbocycles. The van der Waals surface area contributed by atoms with Gasteiger partial charge in [0.2, 0.25) is 0 Å². The van der Waals surface area contributed by atoms with Crippen LogP contribution in [0.15, 0.2) is 54.6 Å². The second kappa shape index (κ2) is 13.6. The number of non-ortho nitro benzene ring substituents is 1. The number of nitrogens with one attached hydrogen (secondary N) is 1. The van der Waals surface area contributed by atoms with Gasteiger partial charge in [-0.25, -0.2) is 5.09 Å². The van der Waals surface area contributed by atoms with Crippen molar-refractivity contribution in [1.29, 1.82) is 0 Å². The molecule has 8 nitrogen and oxygen atoms in total. The van der Waals surface area contributed by atoms with Crippen LogP contribution in [0.25, 0.3) is 0 Å². The molecule has 31 heavy (non-hydrogen) atoms. The van der Waals surface area contributed by atoms with Crippen molar-refractivity contribution in [3.63, 3.8) is 0 Å². The Morgan fingerprint density at radius 2 is 1.58 bits per heavy atom. The van der Waals surface area contributed by atoms with Crippen LogP contribution in [0, 0.1) is 16.0 Å². The molecule has 0 heterocycles. The normalized spacial score (nSPS) is 11.7. The van der Waals surface area contributed by atoms with Crippen LogP contribution in [0.1, 0.15) is 39.5 Å². The number of rotatable bonds is 14. The molecule has 2 rings (SSSR count). The van der Waals surface area contributed by atoms with Crippen molar-refractivity contribution in [2.45, 2.75) is 39.5 Å². The number of hydrogen-bond acceptors (Lipinski definition) is 7. The molecule has 0 spiro atoms. The van der Waals surface area contributed by atoms with Gasteiger partial charge in [0.05, 0.1) is 11.5 Å². The lowest BCUT2D eigenvalue weighted by Crippen LogP contribution is -2.25. The van der Waals surface area contributed by atoms with E-state index in [9.17, 15) is 14.9 Å². The molecule has 1 N–H and O–H groups in total. The van der Waals surface area contributed by atoms with E-state index in [1.807, 2.05) is 18.2 Å². The summed E-state index contributed by atoms with van der Waals surface area (Å²) in [6.07, 6.45) is 4.17. The zero-order chi connectivity index (χ0) is 22.5. The molecule has 0 saturated carbocycles. The topological polar surface area (TPSA) is 99.9 Å². The van der Waals surface area contributed by atoms with Gasteiger partial charge >= 0.3 is 14.5 Å². The number of carbonyl (C=O) groups excluding carboxylic acids is 1. The molecule has 1 atom stereocenters. The fraction of sp³-hybridized carbons (Fsp3) is 0.409. The summed E-state index contributed by atoms with van der Waals surface area (Å²) < 4.78 is 17.1. The zero-order valence-corrected chi connectivity index (χ0v) is 18.8. The molecule has 0 aromatic heterocycles. The Kier molecular flexibility index (Phi) is 10.8. The summed E-state index contributed by atoms with van der Waals surface area (Å²) in [5.41, 5.74) is -0.0362. The van der Waals surface area contributed by atoms with E-state index in [-0.39, 0.29) is 18.2 Å². The summed E-state index contributed by atoms with van der Waals surface area (Å²) in [6.45, 7) is 4.57. The van der Waals surface area contributed by atoms with E-state index in [0.717, 1.165) is 25.7 Å². The molecule has 0 bridgehead atoms. The van der Waals surface area contributed by atoms with Crippen LogP contribution in [0.2, 0.25) is 0 Å². The molecule has 0 aliphatic rings. The highest BCUT2D eigenvalue weighted by molar-refractivity contribution is 7.45. The second-order valence-electron chi connectivity index (χ2n) is 6.97. The molecular weight excluding hydrogens is 419 g/mol. The maximum Gasteiger partial charge on any atom is 0.382 e. The van der Waals surface area contributed by atoms with E-state index in [1.54, 1.807) is 12.1 Å². The molecule has 0 aliphatic heterocycles. The average Bonchev–Trinajstić information content (AvgIpc) is 2.77. The van der Waals surface area contributed by atoms with Gasteiger partial charge in [-0.2, -0.15) is 0 Å². The predicted molar refractivity (Wildman–Crippen MR) is 120 cm³/mol. The van der Waals surface area contributed by atoms with E-state index in [0.29, 0.717) is 24.0 Å². The van der Waals surface area contributed by atoms with Crippen molar-refractivity contribution in [3.05, 3.63) is 64.7 Å². The van der Waals surface area contributed by atoms with E-state index in [1.165, 1.54) is 24.3 Å². The van der Waals surface area contributed by atoms with Crippen LogP contribution < -0.4 is 14.1 Å². The quantitative estimate of drug-likeness (QED) is 0.173. The summed E-state index contributed by atoms with van der Waals surface area (Å²) in [4.78, 5) is 22.6. The summed E-state index contributed by atoms with van der Waals surface area (Å²) in [5.74, 6) is 0.952. The Morgan fingerprint density at radius 1 is 1.00 bits per heavy atom. The van der Waals surface area contributed by atoms with Crippen LogP contribution >= 0.6 is 8.53 Å². The third kappa shape index (κ3) is 9.32. The molecular formula is C22H29N2O6P. The van der Waals surface area contributed by atoms with Crippen molar-refractivity contribution < 1.29 is 23.5 Å². The zero-order valence-electron chi connectivity index (χ0n) is 17.9. The van der Waals surface area contributed by atoms with Crippen molar-refractivity contribution >= 4 is 20.2 Å². The largest absolute Gasteiger partial charge is 0.464 e. The first-order valence-electron chi connectivity index (χ1n) is 10.4. The third-order valence-electron chi connectivity index (χ3n) is 4.39. The number of ether oxygens (including phenoxy) is 1. The maximum absolute atomic E-state index is 12.2. The number of nitrogens with zero attached hydrogens (tertiary/aromatic N) is 1. The molecule has 1 unspecified atom stereocenters. The first-order chi connectivity index (χ1) is 15.0. The average molecular weight is 448 g/mol. The summed E-state index contributed by atoms with van der Waals surface area (Å²) in [5, 5.41) is 13.8. The van der Waals surface area contributed by atoms with Gasteiger partial charge in [-0.3, -0.25) is 14.9 Å². The van der Waals surface area contributed by atoms with Gasteiger partial charge in [0.1, 0.15) is 18.0 Å². The smallest absolute Gasteiger partial charge is 0.382 e. The number of benzene rings is 2. The van der Waals surface area contributed by atoms with Crippen molar-refractivity contribution in [2.24, 2.45) is 5.92 Å². The van der Waals surface area contributed by atoms with E-state index in [4.69, 9.17) is 13.8 Å². The van der Waals surface area contributed by atoms with Crippen LogP contribution in [0.5, 0.6) is 11.5 Å². The van der Waals surface area contributed by atoms with Crippen LogP contribution in [0.3, 0.4) is 0 Å². The first-order valence-corrected chi connectivity index (χ1v) is 11.5. The lowest BCUT2D eigenvalue weighted by atomic mass is 9.99. The fourth-order valence-corrected chi connectivity index (χ4v) is 3.95. The molecule has 168 valence electrons. The highest BCUT2D eigenvalue weighted by atomic mass is 31.2. The van der Waals surface area contributed by atoms with E-state index < -0.39 is 13.4 Å². The molecule has 2 aromatic carbocycles. The van der Waals surface area contributed by atoms with Gasteiger partial charge in [0, 0.05) is 12.1 Å². The Hall–Kier alpha value is -2.70.